The van der Waals surface area contributed by atoms with Gasteiger partial charge in [0.1, 0.15) is 5.60 Å². The molecule has 0 heterocycles. The lowest BCUT2D eigenvalue weighted by Crippen LogP contribution is -2.42. The van der Waals surface area contributed by atoms with Crippen LogP contribution in [-0.2, 0) is 9.53 Å². The molecule has 0 saturated carbocycles. The van der Waals surface area contributed by atoms with Crippen LogP contribution >= 0.6 is 0 Å². The van der Waals surface area contributed by atoms with Gasteiger partial charge in [-0.3, -0.25) is 4.79 Å². The highest BCUT2D eigenvalue weighted by molar-refractivity contribution is 5.69. The molecule has 6 heteroatoms. The van der Waals surface area contributed by atoms with E-state index in [0.29, 0.717) is 25.8 Å². The number of carbonyl (C=O) groups excluding carboxylic acids is 1. The molecular weight excluding hydrogens is 236 g/mol. The number of carboxylic acid groups (broad SMARTS) is 1. The summed E-state index contributed by atoms with van der Waals surface area (Å²) in [5, 5.41) is 9.72. The normalized spacial score (nSPS) is 12.9. The smallest absolute Gasteiger partial charge is 0.424 e. The van der Waals surface area contributed by atoms with E-state index in [0.717, 1.165) is 5.01 Å². The molecular formula is C12H24N2O4. The predicted octanol–water partition coefficient (Wildman–Crippen LogP) is 1.99. The maximum atomic E-state index is 11.5. The summed E-state index contributed by atoms with van der Waals surface area (Å²) < 4.78 is 5.08. The molecule has 1 unspecified atom stereocenters. The van der Waals surface area contributed by atoms with Crippen molar-refractivity contribution in [2.45, 2.75) is 52.6 Å². The van der Waals surface area contributed by atoms with Crippen molar-refractivity contribution in [3.8, 4) is 0 Å². The van der Waals surface area contributed by atoms with Crippen LogP contribution in [0.15, 0.2) is 0 Å². The Morgan fingerprint density at radius 2 is 1.89 bits per heavy atom. The maximum absolute atomic E-state index is 11.5. The number of unbranched alkanes of at least 4 members (excludes halogenated alkanes) is 1. The second-order valence-electron chi connectivity index (χ2n) is 5.41. The Balaban J connectivity index is 3.80. The minimum Gasteiger partial charge on any atom is -0.481 e. The predicted molar refractivity (Wildman–Crippen MR) is 67.8 cm³/mol. The van der Waals surface area contributed by atoms with Crippen molar-refractivity contribution in [2.24, 2.45) is 11.8 Å². The number of carboxylic acids is 1. The van der Waals surface area contributed by atoms with Gasteiger partial charge in [-0.25, -0.2) is 15.6 Å². The fourth-order valence-electron chi connectivity index (χ4n) is 1.27. The molecule has 6 nitrogen and oxygen atoms in total. The first-order valence-corrected chi connectivity index (χ1v) is 6.11. The van der Waals surface area contributed by atoms with E-state index < -0.39 is 17.7 Å². The van der Waals surface area contributed by atoms with Crippen LogP contribution in [0.25, 0.3) is 0 Å². The molecule has 1 amide bonds. The largest absolute Gasteiger partial charge is 0.481 e. The summed E-state index contributed by atoms with van der Waals surface area (Å²) in [5.41, 5.74) is -0.563. The molecule has 0 bridgehead atoms. The molecule has 0 aromatic heterocycles. The highest BCUT2D eigenvalue weighted by atomic mass is 16.6. The molecule has 18 heavy (non-hydrogen) atoms. The molecule has 0 fully saturated rings. The van der Waals surface area contributed by atoms with Crippen molar-refractivity contribution in [3.63, 3.8) is 0 Å². The van der Waals surface area contributed by atoms with Gasteiger partial charge in [-0.15, -0.1) is 0 Å². The van der Waals surface area contributed by atoms with E-state index in [1.165, 1.54) is 0 Å². The third kappa shape index (κ3) is 7.89. The molecule has 0 rings (SSSR count). The quantitative estimate of drug-likeness (QED) is 0.330. The van der Waals surface area contributed by atoms with Gasteiger partial charge in [0.2, 0.25) is 0 Å². The van der Waals surface area contributed by atoms with E-state index in [1.54, 1.807) is 27.7 Å². The van der Waals surface area contributed by atoms with Crippen LogP contribution in [0.5, 0.6) is 0 Å². The zero-order valence-corrected chi connectivity index (χ0v) is 11.6. The number of rotatable bonds is 6. The van der Waals surface area contributed by atoms with Crippen LogP contribution in [-0.4, -0.2) is 34.3 Å². The van der Waals surface area contributed by atoms with Crippen LogP contribution < -0.4 is 5.84 Å². The van der Waals surface area contributed by atoms with Crippen LogP contribution in [0.4, 0.5) is 4.79 Å². The van der Waals surface area contributed by atoms with E-state index >= 15 is 0 Å². The lowest BCUT2D eigenvalue weighted by Gasteiger charge is -2.24. The number of nitrogens with two attached hydrogens (primary N) is 1. The Morgan fingerprint density at radius 1 is 1.33 bits per heavy atom. The fourth-order valence-corrected chi connectivity index (χ4v) is 1.27. The van der Waals surface area contributed by atoms with E-state index in [9.17, 15) is 9.59 Å². The fraction of sp³-hybridized carbons (Fsp3) is 0.833. The summed E-state index contributed by atoms with van der Waals surface area (Å²) in [6, 6.07) is 0. The van der Waals surface area contributed by atoms with Gasteiger partial charge in [0.05, 0.1) is 5.92 Å². The number of hydrogen-bond acceptors (Lipinski definition) is 4. The summed E-state index contributed by atoms with van der Waals surface area (Å²) in [4.78, 5) is 22.1. The summed E-state index contributed by atoms with van der Waals surface area (Å²) in [5.74, 6) is 4.38. The first kappa shape index (κ1) is 16.7. The van der Waals surface area contributed by atoms with E-state index in [4.69, 9.17) is 15.7 Å². The van der Waals surface area contributed by atoms with Crippen molar-refractivity contribution in [1.29, 1.82) is 0 Å². The highest BCUT2D eigenvalue weighted by Crippen LogP contribution is 2.10. The molecule has 0 spiro atoms. The Labute approximate surface area is 108 Å². The number of carbonyl (C=O) groups is 2. The summed E-state index contributed by atoms with van der Waals surface area (Å²) >= 11 is 0. The van der Waals surface area contributed by atoms with Crippen molar-refractivity contribution in [2.75, 3.05) is 6.54 Å². The number of aliphatic carboxylic acids is 1. The molecule has 0 aromatic carbocycles. The summed E-state index contributed by atoms with van der Waals surface area (Å²) in [6.07, 6.45) is 1.39. The van der Waals surface area contributed by atoms with E-state index in [1.807, 2.05) is 0 Å². The lowest BCUT2D eigenvalue weighted by atomic mass is 10.0. The molecule has 0 radical (unpaired) electrons. The van der Waals surface area contributed by atoms with Crippen LogP contribution in [0.1, 0.15) is 47.0 Å². The van der Waals surface area contributed by atoms with E-state index in [2.05, 4.69) is 0 Å². The second-order valence-corrected chi connectivity index (χ2v) is 5.41. The average Bonchev–Trinajstić information content (AvgIpc) is 2.20. The first-order valence-electron chi connectivity index (χ1n) is 6.11. The van der Waals surface area contributed by atoms with Crippen molar-refractivity contribution >= 4 is 12.1 Å². The van der Waals surface area contributed by atoms with Gasteiger partial charge in [0.25, 0.3) is 0 Å². The Morgan fingerprint density at radius 3 is 2.33 bits per heavy atom. The number of ether oxygens (including phenoxy) is 1. The van der Waals surface area contributed by atoms with Gasteiger partial charge >= 0.3 is 12.1 Å². The van der Waals surface area contributed by atoms with Gasteiger partial charge in [-0.1, -0.05) is 13.3 Å². The van der Waals surface area contributed by atoms with Crippen LogP contribution in [0.2, 0.25) is 0 Å². The lowest BCUT2D eigenvalue weighted by molar-refractivity contribution is -0.141. The Bertz CT molecular complexity index is 286. The Hall–Kier alpha value is -1.30. The van der Waals surface area contributed by atoms with Gasteiger partial charge in [-0.2, -0.15) is 0 Å². The number of amides is 1. The minimum atomic E-state index is -0.799. The third-order valence-corrected chi connectivity index (χ3v) is 2.34. The number of hydrogen-bond donors (Lipinski definition) is 2. The van der Waals surface area contributed by atoms with Gasteiger partial charge in [0, 0.05) is 6.54 Å². The number of hydrazine groups is 1. The monoisotopic (exact) mass is 260 g/mol. The van der Waals surface area contributed by atoms with Crippen LogP contribution in [0, 0.1) is 5.92 Å². The third-order valence-electron chi connectivity index (χ3n) is 2.34. The highest BCUT2D eigenvalue weighted by Gasteiger charge is 2.19. The molecule has 3 N–H and O–H groups in total. The molecule has 0 saturated heterocycles. The topological polar surface area (TPSA) is 92.9 Å². The first-order chi connectivity index (χ1) is 8.13. The zero-order chi connectivity index (χ0) is 14.3. The van der Waals surface area contributed by atoms with Crippen molar-refractivity contribution in [1.82, 2.24) is 5.01 Å². The average molecular weight is 260 g/mol. The standard InChI is InChI=1S/C12H24N2O4/c1-9(10(15)16)7-5-6-8-14(13)11(17)18-12(2,3)4/h9H,5-8,13H2,1-4H3,(H,15,16). The van der Waals surface area contributed by atoms with Gasteiger partial charge < -0.3 is 9.84 Å². The second kappa shape index (κ2) is 7.20. The Kier molecular flexibility index (Phi) is 6.68. The maximum Gasteiger partial charge on any atom is 0.424 e. The minimum absolute atomic E-state index is 0.362. The number of nitrogens with zero attached hydrogens (tertiary/aromatic N) is 1. The summed E-state index contributed by atoms with van der Waals surface area (Å²) in [6.45, 7) is 7.34. The van der Waals surface area contributed by atoms with E-state index in [-0.39, 0.29) is 5.92 Å². The van der Waals surface area contributed by atoms with Crippen molar-refractivity contribution < 1.29 is 19.4 Å². The molecule has 0 aromatic rings. The van der Waals surface area contributed by atoms with Crippen LogP contribution in [0.3, 0.4) is 0 Å². The zero-order valence-electron chi connectivity index (χ0n) is 11.6. The van der Waals surface area contributed by atoms with Gasteiger partial charge in [-0.05, 0) is 33.6 Å². The van der Waals surface area contributed by atoms with Gasteiger partial charge in [0.15, 0.2) is 0 Å². The molecule has 106 valence electrons. The molecule has 0 aliphatic heterocycles. The summed E-state index contributed by atoms with van der Waals surface area (Å²) in [7, 11) is 0. The van der Waals surface area contributed by atoms with Crippen molar-refractivity contribution in [3.05, 3.63) is 0 Å². The molecule has 1 atom stereocenters. The molecule has 0 aliphatic carbocycles. The molecule has 0 aliphatic rings. The SMILES string of the molecule is CC(CCCCN(N)C(=O)OC(C)(C)C)C(=O)O.